The maximum absolute atomic E-state index is 8.88. The molecule has 4 nitrogen and oxygen atoms in total. The predicted octanol–water partition coefficient (Wildman–Crippen LogP) is -0.576. The maximum Gasteiger partial charge on any atom is 0.431 e. The largest absolute Gasteiger partial charge is 0.431 e. The molecule has 1 rings (SSSR count). The Labute approximate surface area is 53.4 Å². The molecule has 1 aromatic heterocycles. The minimum absolute atomic E-state index is 0.427. The highest BCUT2D eigenvalue weighted by molar-refractivity contribution is 6.46. The second-order valence-electron chi connectivity index (χ2n) is 1.85. The topological polar surface area (TPSA) is 64.1 Å². The monoisotopic (exact) mass is 125 g/mol. The van der Waals surface area contributed by atoms with Crippen LogP contribution >= 0.6 is 0 Å². The van der Waals surface area contributed by atoms with Gasteiger partial charge in [-0.05, 0) is 12.9 Å². The van der Waals surface area contributed by atoms with Crippen LogP contribution < -0.4 is 5.73 Å². The van der Waals surface area contributed by atoms with Crippen LogP contribution in [0.15, 0.2) is 12.3 Å². The molecule has 0 spiro atoms. The summed E-state index contributed by atoms with van der Waals surface area (Å²) in [6, 6.07) is 1.63. The van der Waals surface area contributed by atoms with Crippen molar-refractivity contribution in [2.75, 3.05) is 5.73 Å². The third-order valence-corrected chi connectivity index (χ3v) is 1.01. The van der Waals surface area contributed by atoms with E-state index in [9.17, 15) is 0 Å². The SMILES string of the molecule is CB(O)n1ccc(N)n1. The minimum Gasteiger partial charge on any atom is -0.431 e. The Kier molecular flexibility index (Phi) is 1.44. The first-order valence-electron chi connectivity index (χ1n) is 2.69. The maximum atomic E-state index is 8.88. The van der Waals surface area contributed by atoms with E-state index in [1.807, 2.05) is 0 Å². The van der Waals surface area contributed by atoms with E-state index in [4.69, 9.17) is 10.8 Å². The molecule has 5 heteroatoms. The molecule has 0 unspecified atom stereocenters. The van der Waals surface area contributed by atoms with Gasteiger partial charge in [0.15, 0.2) is 0 Å². The number of rotatable bonds is 1. The van der Waals surface area contributed by atoms with Gasteiger partial charge < -0.3 is 10.8 Å². The van der Waals surface area contributed by atoms with Crippen molar-refractivity contribution < 1.29 is 5.02 Å². The fraction of sp³-hybridized carbons (Fsp3) is 0.250. The normalized spacial score (nSPS) is 9.56. The molecule has 0 saturated carbocycles. The van der Waals surface area contributed by atoms with Gasteiger partial charge in [-0.25, -0.2) is 0 Å². The minimum atomic E-state index is -0.595. The van der Waals surface area contributed by atoms with Crippen LogP contribution in [0.5, 0.6) is 0 Å². The van der Waals surface area contributed by atoms with Crippen LogP contribution in [0.2, 0.25) is 6.82 Å². The van der Waals surface area contributed by atoms with E-state index < -0.39 is 7.05 Å². The lowest BCUT2D eigenvalue weighted by Crippen LogP contribution is -2.20. The molecule has 0 atom stereocenters. The number of hydrogen-bond acceptors (Lipinski definition) is 3. The Balaban J connectivity index is 2.85. The molecular formula is C4H8BN3O. The molecule has 3 N–H and O–H groups in total. The van der Waals surface area contributed by atoms with Crippen LogP contribution in [-0.4, -0.2) is 21.8 Å². The zero-order chi connectivity index (χ0) is 6.85. The summed E-state index contributed by atoms with van der Waals surface area (Å²) in [5, 5.41) is 12.6. The van der Waals surface area contributed by atoms with Crippen molar-refractivity contribution in [1.29, 1.82) is 0 Å². The Morgan fingerprint density at radius 3 is 2.78 bits per heavy atom. The van der Waals surface area contributed by atoms with Gasteiger partial charge in [-0.2, -0.15) is 5.10 Å². The third-order valence-electron chi connectivity index (χ3n) is 1.01. The van der Waals surface area contributed by atoms with Crippen LogP contribution in [0, 0.1) is 0 Å². The van der Waals surface area contributed by atoms with Gasteiger partial charge in [0.05, 0.1) is 0 Å². The molecule has 1 aromatic rings. The summed E-state index contributed by atoms with van der Waals surface area (Å²) in [5.74, 6) is 0.427. The second kappa shape index (κ2) is 2.10. The highest BCUT2D eigenvalue weighted by Crippen LogP contribution is 1.94. The van der Waals surface area contributed by atoms with Crippen molar-refractivity contribution in [3.05, 3.63) is 12.3 Å². The lowest BCUT2D eigenvalue weighted by atomic mass is 9.90. The van der Waals surface area contributed by atoms with Crippen molar-refractivity contribution in [2.45, 2.75) is 6.82 Å². The first kappa shape index (κ1) is 6.16. The van der Waals surface area contributed by atoms with Gasteiger partial charge in [0.2, 0.25) is 0 Å². The Morgan fingerprint density at radius 1 is 1.89 bits per heavy atom. The van der Waals surface area contributed by atoms with Gasteiger partial charge in [-0.15, -0.1) is 0 Å². The fourth-order valence-corrected chi connectivity index (χ4v) is 0.561. The van der Waals surface area contributed by atoms with Crippen molar-refractivity contribution in [2.24, 2.45) is 0 Å². The average molecular weight is 125 g/mol. The van der Waals surface area contributed by atoms with E-state index in [0.29, 0.717) is 5.82 Å². The van der Waals surface area contributed by atoms with E-state index in [2.05, 4.69) is 5.10 Å². The van der Waals surface area contributed by atoms with E-state index in [0.717, 1.165) is 0 Å². The summed E-state index contributed by atoms with van der Waals surface area (Å²) in [5.41, 5.74) is 5.27. The van der Waals surface area contributed by atoms with Crippen LogP contribution in [0.1, 0.15) is 0 Å². The summed E-state index contributed by atoms with van der Waals surface area (Å²) in [7, 11) is -0.595. The van der Waals surface area contributed by atoms with Crippen LogP contribution in [-0.2, 0) is 0 Å². The molecule has 0 aliphatic carbocycles. The van der Waals surface area contributed by atoms with E-state index >= 15 is 0 Å². The van der Waals surface area contributed by atoms with Crippen molar-refractivity contribution in [3.8, 4) is 0 Å². The number of aromatic nitrogens is 2. The molecule has 1 heterocycles. The molecule has 0 amide bonds. The zero-order valence-corrected chi connectivity index (χ0v) is 5.15. The van der Waals surface area contributed by atoms with Gasteiger partial charge in [0.25, 0.3) is 0 Å². The fourth-order valence-electron chi connectivity index (χ4n) is 0.561. The van der Waals surface area contributed by atoms with Gasteiger partial charge in [0.1, 0.15) is 5.82 Å². The van der Waals surface area contributed by atoms with E-state index in [1.54, 1.807) is 19.1 Å². The first-order valence-corrected chi connectivity index (χ1v) is 2.69. The highest BCUT2D eigenvalue weighted by atomic mass is 16.2. The molecule has 9 heavy (non-hydrogen) atoms. The van der Waals surface area contributed by atoms with Crippen molar-refractivity contribution in [1.82, 2.24) is 9.69 Å². The van der Waals surface area contributed by atoms with Crippen LogP contribution in [0.3, 0.4) is 0 Å². The Morgan fingerprint density at radius 2 is 2.56 bits per heavy atom. The average Bonchev–Trinajstić information content (AvgIpc) is 2.14. The van der Waals surface area contributed by atoms with Gasteiger partial charge >= 0.3 is 7.05 Å². The number of nitrogen functional groups attached to an aromatic ring is 1. The number of hydrogen-bond donors (Lipinski definition) is 2. The van der Waals surface area contributed by atoms with E-state index in [-0.39, 0.29) is 0 Å². The smallest absolute Gasteiger partial charge is 0.431 e. The van der Waals surface area contributed by atoms with Gasteiger partial charge in [-0.1, -0.05) is 0 Å². The summed E-state index contributed by atoms with van der Waals surface area (Å²) in [6.07, 6.45) is 1.62. The molecule has 0 saturated heterocycles. The standard InChI is InChI=1S/C4H8BN3O/c1-5(9)8-3-2-4(6)7-8/h2-3,9H,1H3,(H2,6,7). The van der Waals surface area contributed by atoms with Crippen LogP contribution in [0.25, 0.3) is 0 Å². The molecule has 0 fully saturated rings. The summed E-state index contributed by atoms with van der Waals surface area (Å²) in [4.78, 5) is 0. The van der Waals surface area contributed by atoms with Crippen molar-refractivity contribution in [3.63, 3.8) is 0 Å². The number of nitrogens with zero attached hydrogens (tertiary/aromatic N) is 2. The summed E-state index contributed by atoms with van der Waals surface area (Å²) >= 11 is 0. The number of anilines is 1. The molecule has 0 radical (unpaired) electrons. The molecule has 0 aromatic carbocycles. The van der Waals surface area contributed by atoms with Gasteiger partial charge in [0, 0.05) is 6.20 Å². The van der Waals surface area contributed by atoms with Gasteiger partial charge in [-0.3, -0.25) is 4.59 Å². The molecule has 48 valence electrons. The first-order chi connectivity index (χ1) is 4.20. The zero-order valence-electron chi connectivity index (χ0n) is 5.15. The highest BCUT2D eigenvalue weighted by Gasteiger charge is 2.05. The number of nitrogens with two attached hydrogens (primary N) is 1. The molecule has 0 aliphatic rings. The predicted molar refractivity (Wildman–Crippen MR) is 35.9 cm³/mol. The summed E-state index contributed by atoms with van der Waals surface area (Å²) < 4.78 is 1.38. The quantitative estimate of drug-likeness (QED) is 0.493. The van der Waals surface area contributed by atoms with E-state index in [1.165, 1.54) is 4.59 Å². The molecule has 0 aliphatic heterocycles. The van der Waals surface area contributed by atoms with Crippen molar-refractivity contribution >= 4 is 12.9 Å². The third kappa shape index (κ3) is 1.23. The summed E-state index contributed by atoms with van der Waals surface area (Å²) in [6.45, 7) is 1.62. The Hall–Kier alpha value is -0.965. The lowest BCUT2D eigenvalue weighted by Gasteiger charge is -1.95. The van der Waals surface area contributed by atoms with Crippen LogP contribution in [0.4, 0.5) is 5.82 Å². The molecular weight excluding hydrogens is 117 g/mol. The second-order valence-corrected chi connectivity index (χ2v) is 1.85. The molecule has 0 bridgehead atoms. The lowest BCUT2D eigenvalue weighted by molar-refractivity contribution is 0.552. The Bertz CT molecular complexity index is 197.